The fourth-order valence-corrected chi connectivity index (χ4v) is 3.02. The number of nitrogens with one attached hydrogen (secondary N) is 1. The molecule has 1 aromatic rings. The van der Waals surface area contributed by atoms with Crippen molar-refractivity contribution < 1.29 is 4.79 Å². The third-order valence-corrected chi connectivity index (χ3v) is 4.34. The van der Waals surface area contributed by atoms with Crippen LogP contribution in [-0.2, 0) is 0 Å². The standard InChI is InChI=1S/C12H21N5OS/c1-4-9-8-17(7-6-16(9)3)11(18)10-14-15-12(19-10)13-5-2/h9H,4-8H2,1-3H3,(H,13,15). The minimum atomic E-state index is 0.00760. The fourth-order valence-electron chi connectivity index (χ4n) is 2.24. The van der Waals surface area contributed by atoms with E-state index in [1.165, 1.54) is 11.3 Å². The lowest BCUT2D eigenvalue weighted by Crippen LogP contribution is -2.52. The van der Waals surface area contributed by atoms with Crippen LogP contribution in [-0.4, -0.2) is 65.2 Å². The van der Waals surface area contributed by atoms with E-state index in [4.69, 9.17) is 0 Å². The van der Waals surface area contributed by atoms with Gasteiger partial charge in [-0.1, -0.05) is 18.3 Å². The summed E-state index contributed by atoms with van der Waals surface area (Å²) in [6.45, 7) is 7.40. The molecule has 6 nitrogen and oxygen atoms in total. The maximum Gasteiger partial charge on any atom is 0.285 e. The average Bonchev–Trinajstić information content (AvgIpc) is 2.87. The second kappa shape index (κ2) is 6.29. The van der Waals surface area contributed by atoms with Gasteiger partial charge in [-0.15, -0.1) is 10.2 Å². The molecule has 1 aliphatic rings. The maximum absolute atomic E-state index is 12.4. The van der Waals surface area contributed by atoms with Gasteiger partial charge in [0.25, 0.3) is 5.91 Å². The number of nitrogens with zero attached hydrogens (tertiary/aromatic N) is 4. The number of piperazine rings is 1. The molecule has 1 unspecified atom stereocenters. The molecule has 0 bridgehead atoms. The van der Waals surface area contributed by atoms with Gasteiger partial charge in [-0.3, -0.25) is 9.69 Å². The second-order valence-corrected chi connectivity index (χ2v) is 5.71. The largest absolute Gasteiger partial charge is 0.360 e. The van der Waals surface area contributed by atoms with E-state index in [1.54, 1.807) is 0 Å². The van der Waals surface area contributed by atoms with E-state index in [9.17, 15) is 4.79 Å². The molecule has 2 rings (SSSR count). The Hall–Kier alpha value is -1.21. The summed E-state index contributed by atoms with van der Waals surface area (Å²) < 4.78 is 0. The number of rotatable bonds is 4. The predicted molar refractivity (Wildman–Crippen MR) is 76.7 cm³/mol. The molecule has 0 radical (unpaired) electrons. The number of carbonyl (C=O) groups is 1. The summed E-state index contributed by atoms with van der Waals surface area (Å²) in [5.74, 6) is 0.00760. The van der Waals surface area contributed by atoms with Gasteiger partial charge in [0.1, 0.15) is 0 Å². The van der Waals surface area contributed by atoms with E-state index in [-0.39, 0.29) is 5.91 Å². The van der Waals surface area contributed by atoms with E-state index in [0.717, 1.165) is 32.6 Å². The van der Waals surface area contributed by atoms with E-state index in [0.29, 0.717) is 16.2 Å². The molecule has 1 aromatic heterocycles. The number of likely N-dealkylation sites (N-methyl/N-ethyl adjacent to an activating group) is 1. The van der Waals surface area contributed by atoms with Gasteiger partial charge in [0.2, 0.25) is 10.1 Å². The van der Waals surface area contributed by atoms with Gasteiger partial charge in [-0.2, -0.15) is 0 Å². The second-order valence-electron chi connectivity index (χ2n) is 4.74. The number of hydrogen-bond acceptors (Lipinski definition) is 6. The zero-order chi connectivity index (χ0) is 13.8. The molecule has 1 atom stereocenters. The van der Waals surface area contributed by atoms with E-state index in [1.807, 2.05) is 11.8 Å². The predicted octanol–water partition coefficient (Wildman–Crippen LogP) is 1.14. The minimum absolute atomic E-state index is 0.00760. The van der Waals surface area contributed by atoms with Crippen LogP contribution in [0.15, 0.2) is 0 Å². The Morgan fingerprint density at radius 1 is 1.42 bits per heavy atom. The lowest BCUT2D eigenvalue weighted by molar-refractivity contribution is 0.0541. The average molecular weight is 283 g/mol. The zero-order valence-electron chi connectivity index (χ0n) is 11.7. The molecule has 0 saturated carbocycles. The summed E-state index contributed by atoms with van der Waals surface area (Å²) in [6.07, 6.45) is 1.05. The van der Waals surface area contributed by atoms with E-state index < -0.39 is 0 Å². The third kappa shape index (κ3) is 3.22. The highest BCUT2D eigenvalue weighted by Gasteiger charge is 2.28. The van der Waals surface area contributed by atoms with E-state index >= 15 is 0 Å². The molecule has 1 saturated heterocycles. The van der Waals surface area contributed by atoms with Crippen LogP contribution in [0.25, 0.3) is 0 Å². The summed E-state index contributed by atoms with van der Waals surface area (Å²) >= 11 is 1.33. The molecule has 0 aromatic carbocycles. The first-order valence-corrected chi connectivity index (χ1v) is 7.54. The Morgan fingerprint density at radius 3 is 2.89 bits per heavy atom. The van der Waals surface area contributed by atoms with Gasteiger partial charge < -0.3 is 10.2 Å². The van der Waals surface area contributed by atoms with Crippen LogP contribution >= 0.6 is 11.3 Å². The van der Waals surface area contributed by atoms with Crippen molar-refractivity contribution in [2.75, 3.05) is 38.5 Å². The molecular formula is C12H21N5OS. The van der Waals surface area contributed by atoms with Crippen molar-refractivity contribution in [1.82, 2.24) is 20.0 Å². The summed E-state index contributed by atoms with van der Waals surface area (Å²) in [4.78, 5) is 16.6. The molecule has 19 heavy (non-hydrogen) atoms. The monoisotopic (exact) mass is 283 g/mol. The quantitative estimate of drug-likeness (QED) is 0.898. The lowest BCUT2D eigenvalue weighted by atomic mass is 10.1. The molecule has 0 aliphatic carbocycles. The molecule has 1 amide bonds. The van der Waals surface area contributed by atoms with Gasteiger partial charge in [-0.25, -0.2) is 0 Å². The van der Waals surface area contributed by atoms with Crippen molar-refractivity contribution >= 4 is 22.4 Å². The number of anilines is 1. The lowest BCUT2D eigenvalue weighted by Gasteiger charge is -2.38. The molecule has 1 aliphatic heterocycles. The first kappa shape index (κ1) is 14.2. The molecule has 1 fully saturated rings. The molecule has 2 heterocycles. The maximum atomic E-state index is 12.4. The van der Waals surface area contributed by atoms with Crippen LogP contribution < -0.4 is 5.32 Å². The SMILES string of the molecule is CCNc1nnc(C(=O)N2CCN(C)C(CC)C2)s1. The first-order valence-electron chi connectivity index (χ1n) is 6.72. The van der Waals surface area contributed by atoms with Crippen LogP contribution in [0, 0.1) is 0 Å². The molecule has 7 heteroatoms. The Kier molecular flexibility index (Phi) is 4.71. The van der Waals surface area contributed by atoms with Gasteiger partial charge in [0.15, 0.2) is 0 Å². The van der Waals surface area contributed by atoms with Crippen LogP contribution in [0.1, 0.15) is 30.1 Å². The first-order chi connectivity index (χ1) is 9.15. The van der Waals surface area contributed by atoms with Crippen molar-refractivity contribution in [3.05, 3.63) is 5.01 Å². The molecule has 1 N–H and O–H groups in total. The van der Waals surface area contributed by atoms with E-state index in [2.05, 4.69) is 34.4 Å². The Bertz CT molecular complexity index is 436. The third-order valence-electron chi connectivity index (χ3n) is 3.47. The molecule has 0 spiro atoms. The van der Waals surface area contributed by atoms with Gasteiger partial charge in [0.05, 0.1) is 0 Å². The highest BCUT2D eigenvalue weighted by Crippen LogP contribution is 2.19. The van der Waals surface area contributed by atoms with Crippen molar-refractivity contribution in [1.29, 1.82) is 0 Å². The van der Waals surface area contributed by atoms with Gasteiger partial charge >= 0.3 is 0 Å². The van der Waals surface area contributed by atoms with Crippen molar-refractivity contribution in [2.24, 2.45) is 0 Å². The highest BCUT2D eigenvalue weighted by molar-refractivity contribution is 7.17. The summed E-state index contributed by atoms with van der Waals surface area (Å²) in [7, 11) is 2.12. The Balaban J connectivity index is 2.02. The van der Waals surface area contributed by atoms with Gasteiger partial charge in [-0.05, 0) is 20.4 Å². The fraction of sp³-hybridized carbons (Fsp3) is 0.750. The summed E-state index contributed by atoms with van der Waals surface area (Å²) in [5, 5.41) is 12.2. The topological polar surface area (TPSA) is 61.4 Å². The van der Waals surface area contributed by atoms with Crippen molar-refractivity contribution in [3.8, 4) is 0 Å². The molecular weight excluding hydrogens is 262 g/mol. The molecule has 106 valence electrons. The Labute approximate surface area is 117 Å². The number of carbonyl (C=O) groups excluding carboxylic acids is 1. The zero-order valence-corrected chi connectivity index (χ0v) is 12.5. The highest BCUT2D eigenvalue weighted by atomic mass is 32.1. The number of aromatic nitrogens is 2. The number of amides is 1. The van der Waals surface area contributed by atoms with Crippen LogP contribution in [0.3, 0.4) is 0 Å². The van der Waals surface area contributed by atoms with Crippen LogP contribution in [0.2, 0.25) is 0 Å². The van der Waals surface area contributed by atoms with Crippen molar-refractivity contribution in [2.45, 2.75) is 26.3 Å². The van der Waals surface area contributed by atoms with Crippen LogP contribution in [0.4, 0.5) is 5.13 Å². The summed E-state index contributed by atoms with van der Waals surface area (Å²) in [5.41, 5.74) is 0. The summed E-state index contributed by atoms with van der Waals surface area (Å²) in [6, 6.07) is 0.443. The van der Waals surface area contributed by atoms with Gasteiger partial charge in [0, 0.05) is 32.2 Å². The number of hydrogen-bond donors (Lipinski definition) is 1. The van der Waals surface area contributed by atoms with Crippen molar-refractivity contribution in [3.63, 3.8) is 0 Å². The Morgan fingerprint density at radius 2 is 2.21 bits per heavy atom. The normalized spacial score (nSPS) is 20.6. The minimum Gasteiger partial charge on any atom is -0.360 e. The van der Waals surface area contributed by atoms with Crippen LogP contribution in [0.5, 0.6) is 0 Å². The smallest absolute Gasteiger partial charge is 0.285 e.